The number of Topliss-reactive ketones (excluding diaryl/α,β-unsaturated/α-hetero) is 1. The zero-order valence-corrected chi connectivity index (χ0v) is 17.7. The molecule has 1 fully saturated rings. The fourth-order valence-corrected chi connectivity index (χ4v) is 3.94. The van der Waals surface area contributed by atoms with Gasteiger partial charge >= 0.3 is 0 Å². The van der Waals surface area contributed by atoms with Crippen LogP contribution in [0.2, 0.25) is 0 Å². The average Bonchev–Trinajstić information content (AvgIpc) is 3.09. The SMILES string of the molecule is CCc1ccc(N2C(=O)C(=O)/C(=C(\O)c3ccc(F)cc3)C2c2ccccc2OC)cc1. The van der Waals surface area contributed by atoms with Crippen LogP contribution in [0.5, 0.6) is 5.75 Å². The fraction of sp³-hybridized carbons (Fsp3) is 0.154. The molecule has 0 aliphatic carbocycles. The molecule has 3 aromatic rings. The number of ketones is 1. The number of amides is 1. The van der Waals surface area contributed by atoms with Crippen LogP contribution in [0.15, 0.2) is 78.4 Å². The number of nitrogens with zero attached hydrogens (tertiary/aromatic N) is 1. The molecule has 1 aliphatic heterocycles. The molecule has 0 saturated carbocycles. The van der Waals surface area contributed by atoms with Crippen LogP contribution in [-0.4, -0.2) is 23.9 Å². The summed E-state index contributed by atoms with van der Waals surface area (Å²) in [6, 6.07) is 18.6. The van der Waals surface area contributed by atoms with Gasteiger partial charge in [0, 0.05) is 16.8 Å². The van der Waals surface area contributed by atoms with Gasteiger partial charge in [0.05, 0.1) is 18.7 Å². The minimum atomic E-state index is -0.913. The van der Waals surface area contributed by atoms with E-state index in [1.54, 1.807) is 36.4 Å². The van der Waals surface area contributed by atoms with Crippen molar-refractivity contribution in [3.63, 3.8) is 0 Å². The van der Waals surface area contributed by atoms with Crippen molar-refractivity contribution in [3.05, 3.63) is 101 Å². The predicted molar refractivity (Wildman–Crippen MR) is 120 cm³/mol. The zero-order chi connectivity index (χ0) is 22.8. The molecule has 1 heterocycles. The summed E-state index contributed by atoms with van der Waals surface area (Å²) in [5.74, 6) is -1.94. The second-order valence-corrected chi connectivity index (χ2v) is 7.44. The van der Waals surface area contributed by atoms with Gasteiger partial charge in [0.15, 0.2) is 0 Å². The Labute approximate surface area is 185 Å². The van der Waals surface area contributed by atoms with Crippen molar-refractivity contribution >= 4 is 23.1 Å². The van der Waals surface area contributed by atoms with E-state index in [1.165, 1.54) is 36.3 Å². The number of rotatable bonds is 5. The normalized spacial score (nSPS) is 17.6. The van der Waals surface area contributed by atoms with E-state index in [9.17, 15) is 19.1 Å². The molecule has 1 saturated heterocycles. The Morgan fingerprint density at radius 3 is 2.28 bits per heavy atom. The Balaban J connectivity index is 1.95. The molecule has 4 rings (SSSR count). The number of carbonyl (C=O) groups is 2. The lowest BCUT2D eigenvalue weighted by molar-refractivity contribution is -0.132. The highest BCUT2D eigenvalue weighted by Crippen LogP contribution is 2.44. The largest absolute Gasteiger partial charge is 0.507 e. The van der Waals surface area contributed by atoms with Crippen LogP contribution in [-0.2, 0) is 16.0 Å². The summed E-state index contributed by atoms with van der Waals surface area (Å²) in [6.07, 6.45) is 0.833. The van der Waals surface area contributed by atoms with Crippen LogP contribution in [0.25, 0.3) is 5.76 Å². The molecule has 1 aliphatic rings. The number of ether oxygens (including phenoxy) is 1. The quantitative estimate of drug-likeness (QED) is 0.350. The van der Waals surface area contributed by atoms with Crippen molar-refractivity contribution in [2.24, 2.45) is 0 Å². The van der Waals surface area contributed by atoms with E-state index >= 15 is 0 Å². The smallest absolute Gasteiger partial charge is 0.300 e. The number of benzene rings is 3. The molecule has 1 amide bonds. The van der Waals surface area contributed by atoms with E-state index in [4.69, 9.17) is 4.74 Å². The monoisotopic (exact) mass is 431 g/mol. The van der Waals surface area contributed by atoms with Crippen molar-refractivity contribution in [2.45, 2.75) is 19.4 Å². The van der Waals surface area contributed by atoms with E-state index < -0.39 is 23.5 Å². The third kappa shape index (κ3) is 3.64. The standard InChI is InChI=1S/C26H22FNO4/c1-3-16-8-14-19(15-9-16)28-23(20-6-4-5-7-21(20)32-2)22(25(30)26(28)31)24(29)17-10-12-18(27)13-11-17/h4-15,23,29H,3H2,1-2H3/b24-22-. The third-order valence-corrected chi connectivity index (χ3v) is 5.62. The number of hydrogen-bond donors (Lipinski definition) is 1. The Morgan fingerprint density at radius 2 is 1.66 bits per heavy atom. The molecule has 0 aromatic heterocycles. The highest BCUT2D eigenvalue weighted by Gasteiger charge is 2.47. The number of para-hydroxylation sites is 1. The molecule has 32 heavy (non-hydrogen) atoms. The number of aliphatic hydroxyl groups is 1. The van der Waals surface area contributed by atoms with Crippen molar-refractivity contribution in [1.29, 1.82) is 0 Å². The number of aryl methyl sites for hydroxylation is 1. The van der Waals surface area contributed by atoms with Gasteiger partial charge in [-0.15, -0.1) is 0 Å². The summed E-state index contributed by atoms with van der Waals surface area (Å²) in [5, 5.41) is 11.1. The van der Waals surface area contributed by atoms with Crippen molar-refractivity contribution in [1.82, 2.24) is 0 Å². The Hall–Kier alpha value is -3.93. The molecule has 162 valence electrons. The molecular weight excluding hydrogens is 409 g/mol. The van der Waals surface area contributed by atoms with Crippen LogP contribution >= 0.6 is 0 Å². The van der Waals surface area contributed by atoms with Gasteiger partial charge in [-0.25, -0.2) is 4.39 Å². The molecular formula is C26H22FNO4. The molecule has 5 nitrogen and oxygen atoms in total. The van der Waals surface area contributed by atoms with Crippen LogP contribution in [0.4, 0.5) is 10.1 Å². The number of anilines is 1. The average molecular weight is 431 g/mol. The molecule has 6 heteroatoms. The van der Waals surface area contributed by atoms with Crippen molar-refractivity contribution < 1.29 is 23.8 Å². The van der Waals surface area contributed by atoms with E-state index in [-0.39, 0.29) is 16.9 Å². The van der Waals surface area contributed by atoms with Crippen LogP contribution in [0, 0.1) is 5.82 Å². The Morgan fingerprint density at radius 1 is 1.00 bits per heavy atom. The van der Waals surface area contributed by atoms with Gasteiger partial charge in [-0.2, -0.15) is 0 Å². The first-order chi connectivity index (χ1) is 15.5. The first-order valence-electron chi connectivity index (χ1n) is 10.2. The minimum Gasteiger partial charge on any atom is -0.507 e. The molecule has 3 aromatic carbocycles. The fourth-order valence-electron chi connectivity index (χ4n) is 3.94. The topological polar surface area (TPSA) is 66.8 Å². The second-order valence-electron chi connectivity index (χ2n) is 7.44. The van der Waals surface area contributed by atoms with Gasteiger partial charge in [-0.05, 0) is 54.4 Å². The summed E-state index contributed by atoms with van der Waals surface area (Å²) in [4.78, 5) is 27.7. The van der Waals surface area contributed by atoms with Gasteiger partial charge in [0.2, 0.25) is 0 Å². The lowest BCUT2D eigenvalue weighted by Gasteiger charge is -2.26. The third-order valence-electron chi connectivity index (χ3n) is 5.62. The number of aliphatic hydroxyl groups excluding tert-OH is 1. The molecule has 0 radical (unpaired) electrons. The van der Waals surface area contributed by atoms with Crippen molar-refractivity contribution in [3.8, 4) is 5.75 Å². The van der Waals surface area contributed by atoms with Gasteiger partial charge in [-0.1, -0.05) is 37.3 Å². The summed E-state index contributed by atoms with van der Waals surface area (Å²) >= 11 is 0. The number of halogens is 1. The molecule has 0 bridgehead atoms. The van der Waals surface area contributed by atoms with E-state index in [2.05, 4.69) is 0 Å². The number of carbonyl (C=O) groups excluding carboxylic acids is 2. The van der Waals surface area contributed by atoms with Gasteiger partial charge < -0.3 is 9.84 Å². The van der Waals surface area contributed by atoms with Crippen LogP contribution in [0.3, 0.4) is 0 Å². The van der Waals surface area contributed by atoms with Crippen LogP contribution < -0.4 is 9.64 Å². The van der Waals surface area contributed by atoms with Crippen molar-refractivity contribution in [2.75, 3.05) is 12.0 Å². The summed E-state index contributed by atoms with van der Waals surface area (Å²) in [7, 11) is 1.50. The Bertz CT molecular complexity index is 1200. The number of hydrogen-bond acceptors (Lipinski definition) is 4. The van der Waals surface area contributed by atoms with E-state index in [0.29, 0.717) is 17.0 Å². The first-order valence-corrected chi connectivity index (χ1v) is 10.2. The summed E-state index contributed by atoms with van der Waals surface area (Å²) in [6.45, 7) is 2.03. The van der Waals surface area contributed by atoms with Gasteiger partial charge in [-0.3, -0.25) is 14.5 Å². The van der Waals surface area contributed by atoms with Gasteiger partial charge in [0.1, 0.15) is 17.3 Å². The van der Waals surface area contributed by atoms with E-state index in [1.807, 2.05) is 19.1 Å². The summed E-state index contributed by atoms with van der Waals surface area (Å²) in [5.41, 5.74) is 2.33. The molecule has 1 N–H and O–H groups in total. The van der Waals surface area contributed by atoms with Crippen LogP contribution in [0.1, 0.15) is 29.7 Å². The highest BCUT2D eigenvalue weighted by atomic mass is 19.1. The first kappa shape index (κ1) is 21.3. The molecule has 0 spiro atoms. The maximum Gasteiger partial charge on any atom is 0.300 e. The highest BCUT2D eigenvalue weighted by molar-refractivity contribution is 6.51. The van der Waals surface area contributed by atoms with Gasteiger partial charge in [0.25, 0.3) is 11.7 Å². The lowest BCUT2D eigenvalue weighted by Crippen LogP contribution is -2.29. The predicted octanol–water partition coefficient (Wildman–Crippen LogP) is 5.02. The minimum absolute atomic E-state index is 0.0781. The summed E-state index contributed by atoms with van der Waals surface area (Å²) < 4.78 is 18.9. The molecule has 1 atom stereocenters. The molecule has 1 unspecified atom stereocenters. The Kier molecular flexibility index (Phi) is 5.77. The number of methoxy groups -OCH3 is 1. The second kappa shape index (κ2) is 8.67. The zero-order valence-electron chi connectivity index (χ0n) is 17.7. The maximum absolute atomic E-state index is 13.4. The van der Waals surface area contributed by atoms with E-state index in [0.717, 1.165) is 12.0 Å². The lowest BCUT2D eigenvalue weighted by atomic mass is 9.94. The maximum atomic E-state index is 13.4.